The van der Waals surface area contributed by atoms with Gasteiger partial charge in [-0.25, -0.2) is 8.42 Å². The van der Waals surface area contributed by atoms with Gasteiger partial charge in [-0.15, -0.1) is 22.0 Å². The summed E-state index contributed by atoms with van der Waals surface area (Å²) in [5.41, 5.74) is 0.471. The van der Waals surface area contributed by atoms with Crippen LogP contribution in [0.25, 0.3) is 0 Å². The zero-order chi connectivity index (χ0) is 19.3. The van der Waals surface area contributed by atoms with Crippen LogP contribution in [0, 0.1) is 5.92 Å². The summed E-state index contributed by atoms with van der Waals surface area (Å²) in [5, 5.41) is 10.8. The van der Waals surface area contributed by atoms with E-state index in [-0.39, 0.29) is 21.9 Å². The van der Waals surface area contributed by atoms with E-state index < -0.39 is 10.0 Å². The molecule has 0 atom stereocenters. The normalized spacial score (nSPS) is 11.6. The minimum Gasteiger partial charge on any atom is -0.325 e. The molecule has 0 aliphatic rings. The number of hydrogen-bond donors (Lipinski definition) is 2. The highest BCUT2D eigenvalue weighted by molar-refractivity contribution is 8.01. The Balaban J connectivity index is 2.28. The van der Waals surface area contributed by atoms with Crippen molar-refractivity contribution in [3.63, 3.8) is 0 Å². The van der Waals surface area contributed by atoms with Gasteiger partial charge in [-0.3, -0.25) is 9.52 Å². The minimum atomic E-state index is -3.83. The number of benzene rings is 1. The van der Waals surface area contributed by atoms with E-state index in [9.17, 15) is 13.2 Å². The van der Waals surface area contributed by atoms with Gasteiger partial charge in [0.2, 0.25) is 11.0 Å². The maximum Gasteiger partial charge on any atom is 0.263 e. The van der Waals surface area contributed by atoms with Crippen LogP contribution in [-0.2, 0) is 14.8 Å². The van der Waals surface area contributed by atoms with Gasteiger partial charge in [0, 0.05) is 10.8 Å². The van der Waals surface area contributed by atoms with Crippen molar-refractivity contribution < 1.29 is 13.2 Å². The summed E-state index contributed by atoms with van der Waals surface area (Å²) in [5.74, 6) is 0.448. The van der Waals surface area contributed by atoms with E-state index >= 15 is 0 Å². The van der Waals surface area contributed by atoms with E-state index in [1.165, 1.54) is 47.0 Å². The van der Waals surface area contributed by atoms with E-state index in [4.69, 9.17) is 0 Å². The van der Waals surface area contributed by atoms with Crippen LogP contribution in [0.1, 0.15) is 20.8 Å². The first-order chi connectivity index (χ1) is 12.3. The summed E-state index contributed by atoms with van der Waals surface area (Å²) in [6.07, 6.45) is 1.86. The lowest BCUT2D eigenvalue weighted by Crippen LogP contribution is -2.19. The number of nitrogens with zero attached hydrogens (tertiary/aromatic N) is 2. The van der Waals surface area contributed by atoms with Crippen molar-refractivity contribution in [2.24, 2.45) is 5.92 Å². The smallest absolute Gasteiger partial charge is 0.263 e. The largest absolute Gasteiger partial charge is 0.325 e. The Hall–Kier alpha value is -1.30. The average molecular weight is 433 g/mol. The van der Waals surface area contributed by atoms with E-state index in [1.54, 1.807) is 19.9 Å². The number of hydrogen-bond acceptors (Lipinski definition) is 8. The number of rotatable bonds is 8. The number of thioether (sulfide) groups is 2. The molecule has 0 aliphatic carbocycles. The van der Waals surface area contributed by atoms with Crippen LogP contribution in [0.5, 0.6) is 0 Å². The molecule has 1 aromatic heterocycles. The molecule has 0 aliphatic heterocycles. The lowest BCUT2D eigenvalue weighted by atomic mass is 10.2. The van der Waals surface area contributed by atoms with Gasteiger partial charge in [0.25, 0.3) is 10.0 Å². The van der Waals surface area contributed by atoms with E-state index in [0.29, 0.717) is 10.0 Å². The van der Waals surface area contributed by atoms with E-state index in [1.807, 2.05) is 13.2 Å². The van der Waals surface area contributed by atoms with Crippen molar-refractivity contribution in [1.82, 2.24) is 10.2 Å². The molecular formula is C15H20N4O3S4. The van der Waals surface area contributed by atoms with Gasteiger partial charge in [-0.05, 0) is 30.2 Å². The number of anilines is 2. The molecule has 2 N–H and O–H groups in total. The highest BCUT2D eigenvalue weighted by Crippen LogP contribution is 2.31. The third kappa shape index (κ3) is 5.35. The second kappa shape index (κ2) is 9.07. The molecule has 7 nitrogen and oxygen atoms in total. The van der Waals surface area contributed by atoms with Crippen molar-refractivity contribution in [2.75, 3.05) is 22.0 Å². The Labute approximate surface area is 165 Å². The van der Waals surface area contributed by atoms with Gasteiger partial charge >= 0.3 is 0 Å². The van der Waals surface area contributed by atoms with E-state index in [0.717, 1.165) is 10.6 Å². The van der Waals surface area contributed by atoms with Crippen molar-refractivity contribution in [3.8, 4) is 0 Å². The average Bonchev–Trinajstić information content (AvgIpc) is 3.01. The van der Waals surface area contributed by atoms with Gasteiger partial charge in [-0.1, -0.05) is 43.9 Å². The fourth-order valence-electron chi connectivity index (χ4n) is 1.84. The van der Waals surface area contributed by atoms with Gasteiger partial charge in [0.1, 0.15) is 0 Å². The topological polar surface area (TPSA) is 101 Å². The Morgan fingerprint density at radius 3 is 2.65 bits per heavy atom. The summed E-state index contributed by atoms with van der Waals surface area (Å²) in [6, 6.07) is 4.63. The molecule has 0 saturated heterocycles. The lowest BCUT2D eigenvalue weighted by Gasteiger charge is -2.13. The Bertz CT molecular complexity index is 881. The first-order valence-electron chi connectivity index (χ1n) is 7.74. The number of carbonyl (C=O) groups excluding carboxylic acids is 1. The fraction of sp³-hybridized carbons (Fsp3) is 0.400. The maximum absolute atomic E-state index is 12.6. The predicted molar refractivity (Wildman–Crippen MR) is 109 cm³/mol. The summed E-state index contributed by atoms with van der Waals surface area (Å²) in [6.45, 7) is 5.53. The number of amides is 1. The Kier molecular flexibility index (Phi) is 7.33. The zero-order valence-corrected chi connectivity index (χ0v) is 18.0. The first kappa shape index (κ1) is 21.0. The molecule has 0 bridgehead atoms. The molecule has 2 rings (SSSR count). The summed E-state index contributed by atoms with van der Waals surface area (Å²) >= 11 is 4.10. The third-order valence-electron chi connectivity index (χ3n) is 3.16. The van der Waals surface area contributed by atoms with Crippen LogP contribution < -0.4 is 10.0 Å². The van der Waals surface area contributed by atoms with Crippen LogP contribution in [0.4, 0.5) is 10.8 Å². The molecule has 1 aromatic carbocycles. The standard InChI is InChI=1S/C15H20N4O3S4/c1-5-24-15-18-17-14(25-15)19-26(21,22)10-6-7-12(23-4)11(8-10)16-13(20)9(2)3/h6-9H,5H2,1-4H3,(H,16,20)(H,17,19). The second-order valence-electron chi connectivity index (χ2n) is 5.42. The molecule has 1 heterocycles. The molecule has 26 heavy (non-hydrogen) atoms. The Morgan fingerprint density at radius 2 is 2.04 bits per heavy atom. The molecule has 142 valence electrons. The number of carbonyl (C=O) groups is 1. The van der Waals surface area contributed by atoms with Crippen molar-refractivity contribution in [3.05, 3.63) is 18.2 Å². The molecule has 0 unspecified atom stereocenters. The monoisotopic (exact) mass is 432 g/mol. The number of sulfonamides is 1. The first-order valence-corrected chi connectivity index (χ1v) is 12.3. The van der Waals surface area contributed by atoms with Gasteiger partial charge < -0.3 is 5.32 Å². The van der Waals surface area contributed by atoms with Crippen molar-refractivity contribution >= 4 is 61.6 Å². The molecule has 0 spiro atoms. The van der Waals surface area contributed by atoms with Gasteiger partial charge in [0.15, 0.2) is 4.34 Å². The molecule has 1 amide bonds. The molecular weight excluding hydrogens is 412 g/mol. The molecule has 0 fully saturated rings. The number of aromatic nitrogens is 2. The zero-order valence-electron chi connectivity index (χ0n) is 14.8. The minimum absolute atomic E-state index is 0.0502. The van der Waals surface area contributed by atoms with Crippen LogP contribution in [0.2, 0.25) is 0 Å². The third-order valence-corrected chi connectivity index (χ3v) is 7.28. The Morgan fingerprint density at radius 1 is 1.31 bits per heavy atom. The highest BCUT2D eigenvalue weighted by atomic mass is 32.2. The van der Waals surface area contributed by atoms with Gasteiger partial charge in [0.05, 0.1) is 10.6 Å². The molecule has 0 saturated carbocycles. The van der Waals surface area contributed by atoms with Crippen molar-refractivity contribution in [1.29, 1.82) is 0 Å². The highest BCUT2D eigenvalue weighted by Gasteiger charge is 2.20. The quantitative estimate of drug-likeness (QED) is 0.612. The van der Waals surface area contributed by atoms with Gasteiger partial charge in [-0.2, -0.15) is 0 Å². The SMILES string of the molecule is CCSc1nnc(NS(=O)(=O)c2ccc(SC)c(NC(=O)C(C)C)c2)s1. The summed E-state index contributed by atoms with van der Waals surface area (Å²) in [7, 11) is -3.83. The maximum atomic E-state index is 12.6. The summed E-state index contributed by atoms with van der Waals surface area (Å²) in [4.78, 5) is 12.8. The summed E-state index contributed by atoms with van der Waals surface area (Å²) < 4.78 is 28.4. The molecule has 2 aromatic rings. The van der Waals surface area contributed by atoms with Crippen LogP contribution in [0.3, 0.4) is 0 Å². The van der Waals surface area contributed by atoms with Crippen LogP contribution >= 0.6 is 34.9 Å². The fourth-order valence-corrected chi connectivity index (χ4v) is 5.27. The van der Waals surface area contributed by atoms with E-state index in [2.05, 4.69) is 20.2 Å². The van der Waals surface area contributed by atoms with Crippen molar-refractivity contribution in [2.45, 2.75) is 34.9 Å². The van der Waals surface area contributed by atoms with Crippen LogP contribution in [-0.4, -0.2) is 36.5 Å². The molecule has 0 radical (unpaired) electrons. The second-order valence-corrected chi connectivity index (χ2v) is 10.4. The lowest BCUT2D eigenvalue weighted by molar-refractivity contribution is -0.118. The number of nitrogens with one attached hydrogen (secondary N) is 2. The molecule has 11 heteroatoms. The predicted octanol–water partition coefficient (Wildman–Crippen LogP) is 3.77. The van der Waals surface area contributed by atoms with Crippen LogP contribution in [0.15, 0.2) is 32.3 Å².